The van der Waals surface area contributed by atoms with Gasteiger partial charge in [-0.25, -0.2) is 0 Å². The first-order valence-corrected chi connectivity index (χ1v) is 6.73. The summed E-state index contributed by atoms with van der Waals surface area (Å²) in [6.45, 7) is 9.70. The third-order valence-electron chi connectivity index (χ3n) is 2.88. The lowest BCUT2D eigenvalue weighted by atomic mass is 10.1. The van der Waals surface area contributed by atoms with Crippen LogP contribution in [0, 0.1) is 0 Å². The summed E-state index contributed by atoms with van der Waals surface area (Å²) >= 11 is 0. The molecule has 0 aromatic rings. The summed E-state index contributed by atoms with van der Waals surface area (Å²) in [5, 5.41) is 9.31. The lowest BCUT2D eigenvalue weighted by Crippen LogP contribution is -2.36. The van der Waals surface area contributed by atoms with Crippen molar-refractivity contribution in [1.29, 1.82) is 0 Å². The number of likely N-dealkylation sites (tertiary alicyclic amines) is 1. The molecule has 1 aliphatic heterocycles. The van der Waals surface area contributed by atoms with Crippen LogP contribution in [0.15, 0.2) is 0 Å². The van der Waals surface area contributed by atoms with Gasteiger partial charge in [-0.05, 0) is 25.8 Å². The molecule has 92 valence electrons. The summed E-state index contributed by atoms with van der Waals surface area (Å²) in [6, 6.07) is 0. The first-order chi connectivity index (χ1) is 7.33. The van der Waals surface area contributed by atoms with Crippen molar-refractivity contribution in [2.45, 2.75) is 65.4 Å². The van der Waals surface area contributed by atoms with Gasteiger partial charge in [0.1, 0.15) is 0 Å². The maximum Gasteiger partial charge on any atom is 0.0564 e. The second-order valence-electron chi connectivity index (χ2n) is 4.13. The molecule has 0 unspecified atom stereocenters. The Kier molecular flexibility index (Phi) is 10.4. The van der Waals surface area contributed by atoms with E-state index in [1.165, 1.54) is 32.2 Å². The van der Waals surface area contributed by atoms with Gasteiger partial charge in [-0.1, -0.05) is 40.0 Å². The van der Waals surface area contributed by atoms with Crippen molar-refractivity contribution >= 4 is 0 Å². The van der Waals surface area contributed by atoms with Crippen LogP contribution >= 0.6 is 0 Å². The fourth-order valence-electron chi connectivity index (χ4n) is 1.91. The van der Waals surface area contributed by atoms with Crippen LogP contribution in [-0.2, 0) is 0 Å². The van der Waals surface area contributed by atoms with E-state index >= 15 is 0 Å². The van der Waals surface area contributed by atoms with Crippen LogP contribution in [0.3, 0.4) is 0 Å². The van der Waals surface area contributed by atoms with Gasteiger partial charge in [0.25, 0.3) is 0 Å². The van der Waals surface area contributed by atoms with Gasteiger partial charge in [-0.2, -0.15) is 0 Å². The van der Waals surface area contributed by atoms with Gasteiger partial charge in [-0.15, -0.1) is 0 Å². The summed E-state index contributed by atoms with van der Waals surface area (Å²) in [6.07, 6.45) is 7.34. The molecule has 1 saturated heterocycles. The van der Waals surface area contributed by atoms with Crippen LogP contribution in [-0.4, -0.2) is 35.7 Å². The molecule has 2 heteroatoms. The number of hydrogen-bond acceptors (Lipinski definition) is 2. The highest BCUT2D eigenvalue weighted by Gasteiger charge is 2.15. The first-order valence-electron chi connectivity index (χ1n) is 6.73. The monoisotopic (exact) mass is 215 g/mol. The number of unbranched alkanes of at least 4 members (excludes halogenated alkanes) is 3. The first kappa shape index (κ1) is 14.9. The molecular weight excluding hydrogens is 186 g/mol. The largest absolute Gasteiger partial charge is 0.393 e. The summed E-state index contributed by atoms with van der Waals surface area (Å²) in [7, 11) is 0. The highest BCUT2D eigenvalue weighted by atomic mass is 16.3. The van der Waals surface area contributed by atoms with Crippen LogP contribution in [0.4, 0.5) is 0 Å². The lowest BCUT2D eigenvalue weighted by Gasteiger charge is -2.29. The quantitative estimate of drug-likeness (QED) is 0.713. The van der Waals surface area contributed by atoms with E-state index in [1.54, 1.807) is 0 Å². The number of nitrogens with zero attached hydrogens (tertiary/aromatic N) is 1. The van der Waals surface area contributed by atoms with Crippen molar-refractivity contribution in [3.8, 4) is 0 Å². The number of piperidine rings is 1. The second kappa shape index (κ2) is 10.4. The number of aliphatic hydroxyl groups excluding tert-OH is 1. The summed E-state index contributed by atoms with van der Waals surface area (Å²) in [5.41, 5.74) is 0. The number of aliphatic hydroxyl groups is 1. The maximum absolute atomic E-state index is 9.31. The Balaban J connectivity index is 0.000000921. The van der Waals surface area contributed by atoms with E-state index in [4.69, 9.17) is 0 Å². The van der Waals surface area contributed by atoms with Crippen LogP contribution in [0.1, 0.15) is 59.3 Å². The zero-order valence-electron chi connectivity index (χ0n) is 10.8. The van der Waals surface area contributed by atoms with Gasteiger partial charge < -0.3 is 10.0 Å². The SMILES string of the molecule is CC.CCCCCCN1CCC(O)CC1. The maximum atomic E-state index is 9.31. The van der Waals surface area contributed by atoms with Gasteiger partial charge >= 0.3 is 0 Å². The summed E-state index contributed by atoms with van der Waals surface area (Å²) in [4.78, 5) is 2.49. The summed E-state index contributed by atoms with van der Waals surface area (Å²) in [5.74, 6) is 0. The highest BCUT2D eigenvalue weighted by molar-refractivity contribution is 4.70. The Morgan fingerprint density at radius 2 is 1.67 bits per heavy atom. The molecule has 1 aliphatic rings. The minimum atomic E-state index is -0.0214. The molecule has 0 bridgehead atoms. The van der Waals surface area contributed by atoms with Crippen LogP contribution in [0.25, 0.3) is 0 Å². The molecule has 15 heavy (non-hydrogen) atoms. The molecule has 2 nitrogen and oxygen atoms in total. The van der Waals surface area contributed by atoms with Gasteiger partial charge in [0.2, 0.25) is 0 Å². The molecule has 0 aromatic carbocycles. The van der Waals surface area contributed by atoms with Crippen molar-refractivity contribution < 1.29 is 5.11 Å². The highest BCUT2D eigenvalue weighted by Crippen LogP contribution is 2.11. The van der Waals surface area contributed by atoms with Crippen molar-refractivity contribution in [2.75, 3.05) is 19.6 Å². The molecule has 0 radical (unpaired) electrons. The number of rotatable bonds is 5. The minimum Gasteiger partial charge on any atom is -0.393 e. The van der Waals surface area contributed by atoms with Crippen molar-refractivity contribution in [2.24, 2.45) is 0 Å². The van der Waals surface area contributed by atoms with Crippen molar-refractivity contribution in [3.05, 3.63) is 0 Å². The lowest BCUT2D eigenvalue weighted by molar-refractivity contribution is 0.0818. The Morgan fingerprint density at radius 1 is 1.07 bits per heavy atom. The fourth-order valence-corrected chi connectivity index (χ4v) is 1.91. The average molecular weight is 215 g/mol. The standard InChI is InChI=1S/C11H23NO.C2H6/c1-2-3-4-5-8-12-9-6-11(13)7-10-12;1-2/h11,13H,2-10H2,1H3;1-2H3. The molecular formula is C13H29NO. The van der Waals surface area contributed by atoms with E-state index in [2.05, 4.69) is 11.8 Å². The predicted molar refractivity (Wildman–Crippen MR) is 67.2 cm³/mol. The smallest absolute Gasteiger partial charge is 0.0564 e. The third kappa shape index (κ3) is 7.80. The van der Waals surface area contributed by atoms with Gasteiger partial charge in [0.05, 0.1) is 6.10 Å². The number of hydrogen-bond donors (Lipinski definition) is 1. The second-order valence-corrected chi connectivity index (χ2v) is 4.13. The van der Waals surface area contributed by atoms with E-state index < -0.39 is 0 Å². The average Bonchev–Trinajstić information content (AvgIpc) is 2.30. The predicted octanol–water partition coefficient (Wildman–Crippen LogP) is 3.05. The Labute approximate surface area is 95.7 Å². The molecule has 0 atom stereocenters. The van der Waals surface area contributed by atoms with Crippen LogP contribution in [0.2, 0.25) is 0 Å². The van der Waals surface area contributed by atoms with Crippen LogP contribution < -0.4 is 0 Å². The molecule has 1 rings (SSSR count). The molecule has 1 heterocycles. The van der Waals surface area contributed by atoms with Gasteiger partial charge in [0.15, 0.2) is 0 Å². The Bertz CT molecular complexity index is 120. The normalized spacial score (nSPS) is 18.4. The fraction of sp³-hybridized carbons (Fsp3) is 1.00. The minimum absolute atomic E-state index is 0.0214. The zero-order valence-corrected chi connectivity index (χ0v) is 10.8. The topological polar surface area (TPSA) is 23.5 Å². The van der Waals surface area contributed by atoms with Gasteiger partial charge in [-0.3, -0.25) is 0 Å². The molecule has 0 saturated carbocycles. The van der Waals surface area contributed by atoms with Crippen molar-refractivity contribution in [3.63, 3.8) is 0 Å². The summed E-state index contributed by atoms with van der Waals surface area (Å²) < 4.78 is 0. The van der Waals surface area contributed by atoms with E-state index in [0.29, 0.717) is 0 Å². The van der Waals surface area contributed by atoms with Gasteiger partial charge in [0, 0.05) is 13.1 Å². The molecule has 1 fully saturated rings. The molecule has 0 spiro atoms. The Hall–Kier alpha value is -0.0800. The molecule has 0 aliphatic carbocycles. The van der Waals surface area contributed by atoms with E-state index in [1.807, 2.05) is 13.8 Å². The van der Waals surface area contributed by atoms with Crippen LogP contribution in [0.5, 0.6) is 0 Å². The third-order valence-corrected chi connectivity index (χ3v) is 2.88. The van der Waals surface area contributed by atoms with E-state index in [0.717, 1.165) is 25.9 Å². The zero-order chi connectivity index (χ0) is 11.5. The molecule has 0 aromatic heterocycles. The molecule has 0 amide bonds. The van der Waals surface area contributed by atoms with E-state index in [9.17, 15) is 5.11 Å². The molecule has 1 N–H and O–H groups in total. The van der Waals surface area contributed by atoms with E-state index in [-0.39, 0.29) is 6.10 Å². The van der Waals surface area contributed by atoms with Crippen molar-refractivity contribution in [1.82, 2.24) is 4.90 Å². The Morgan fingerprint density at radius 3 is 2.20 bits per heavy atom.